The molecule has 1 aliphatic carbocycles. The van der Waals surface area contributed by atoms with Crippen molar-refractivity contribution in [3.63, 3.8) is 0 Å². The quantitative estimate of drug-likeness (QED) is 0.826. The fourth-order valence-electron chi connectivity index (χ4n) is 4.18. The molecule has 1 aliphatic heterocycles. The molecule has 148 valence electrons. The lowest BCUT2D eigenvalue weighted by Gasteiger charge is -2.29. The van der Waals surface area contributed by atoms with Gasteiger partial charge in [0.15, 0.2) is 0 Å². The van der Waals surface area contributed by atoms with E-state index in [0.717, 1.165) is 42.5 Å². The van der Waals surface area contributed by atoms with Gasteiger partial charge in [-0.2, -0.15) is 0 Å². The first-order chi connectivity index (χ1) is 13.5. The van der Waals surface area contributed by atoms with Crippen molar-refractivity contribution in [1.29, 1.82) is 0 Å². The lowest BCUT2D eigenvalue weighted by atomic mass is 9.92. The number of fused-ring (bicyclic) bond motifs is 2. The van der Waals surface area contributed by atoms with E-state index in [1.54, 1.807) is 17.0 Å². The zero-order chi connectivity index (χ0) is 19.7. The second-order valence-electron chi connectivity index (χ2n) is 7.63. The molecule has 0 fully saturated rings. The van der Waals surface area contributed by atoms with Crippen LogP contribution >= 0.6 is 0 Å². The van der Waals surface area contributed by atoms with E-state index >= 15 is 0 Å². The van der Waals surface area contributed by atoms with Gasteiger partial charge >= 0.3 is 0 Å². The van der Waals surface area contributed by atoms with Gasteiger partial charge in [-0.25, -0.2) is 8.42 Å². The Kier molecular flexibility index (Phi) is 5.15. The van der Waals surface area contributed by atoms with Crippen LogP contribution < -0.4 is 9.62 Å². The molecule has 0 aromatic heterocycles. The van der Waals surface area contributed by atoms with Gasteiger partial charge in [0, 0.05) is 24.3 Å². The number of nitrogens with zero attached hydrogens (tertiary/aromatic N) is 1. The first kappa shape index (κ1) is 19.0. The standard InChI is InChI=1S/C22H26N2O3S/c1-2-13-24-21-11-9-19(14-18(21)8-12-22(24)25)23-28(26,27)20-10-7-16-5-3-4-6-17(16)15-20/h7,9-11,14-15,23H,2-6,8,12-13H2,1H3. The van der Waals surface area contributed by atoms with Crippen LogP contribution in [0.3, 0.4) is 0 Å². The third kappa shape index (κ3) is 3.65. The monoisotopic (exact) mass is 398 g/mol. The van der Waals surface area contributed by atoms with Gasteiger partial charge in [-0.15, -0.1) is 0 Å². The predicted molar refractivity (Wildman–Crippen MR) is 111 cm³/mol. The largest absolute Gasteiger partial charge is 0.312 e. The fourth-order valence-corrected chi connectivity index (χ4v) is 5.28. The van der Waals surface area contributed by atoms with Crippen molar-refractivity contribution in [2.45, 2.75) is 56.8 Å². The van der Waals surface area contributed by atoms with Gasteiger partial charge in [-0.05, 0) is 85.5 Å². The minimum absolute atomic E-state index is 0.136. The number of rotatable bonds is 5. The first-order valence-corrected chi connectivity index (χ1v) is 11.5. The van der Waals surface area contributed by atoms with E-state index in [2.05, 4.69) is 4.72 Å². The van der Waals surface area contributed by atoms with E-state index in [0.29, 0.717) is 30.0 Å². The molecule has 2 aliphatic rings. The molecule has 2 aromatic carbocycles. The van der Waals surface area contributed by atoms with Crippen molar-refractivity contribution >= 4 is 27.3 Å². The lowest BCUT2D eigenvalue weighted by molar-refractivity contribution is -0.118. The zero-order valence-electron chi connectivity index (χ0n) is 16.2. The third-order valence-corrected chi connectivity index (χ3v) is 6.99. The van der Waals surface area contributed by atoms with Crippen LogP contribution in [0.4, 0.5) is 11.4 Å². The first-order valence-electron chi connectivity index (χ1n) is 10.1. The summed E-state index contributed by atoms with van der Waals surface area (Å²) in [6.07, 6.45) is 6.25. The molecule has 0 atom stereocenters. The van der Waals surface area contributed by atoms with E-state index in [9.17, 15) is 13.2 Å². The highest BCUT2D eigenvalue weighted by atomic mass is 32.2. The molecule has 28 heavy (non-hydrogen) atoms. The Hall–Kier alpha value is -2.34. The van der Waals surface area contributed by atoms with Gasteiger partial charge in [0.25, 0.3) is 10.0 Å². The Labute approximate surface area is 166 Å². The van der Waals surface area contributed by atoms with Crippen molar-refractivity contribution in [3.8, 4) is 0 Å². The van der Waals surface area contributed by atoms with Crippen LogP contribution in [0.1, 0.15) is 49.3 Å². The maximum atomic E-state index is 12.9. The number of anilines is 2. The molecule has 1 N–H and O–H groups in total. The molecule has 0 unspecified atom stereocenters. The van der Waals surface area contributed by atoms with Crippen LogP contribution in [-0.2, 0) is 34.1 Å². The molecule has 0 saturated carbocycles. The van der Waals surface area contributed by atoms with E-state index in [4.69, 9.17) is 0 Å². The average molecular weight is 399 g/mol. The number of sulfonamides is 1. The number of benzene rings is 2. The van der Waals surface area contributed by atoms with Gasteiger partial charge < -0.3 is 4.90 Å². The highest BCUT2D eigenvalue weighted by molar-refractivity contribution is 7.92. The molecule has 1 heterocycles. The van der Waals surface area contributed by atoms with Crippen molar-refractivity contribution in [2.24, 2.45) is 0 Å². The molecule has 0 radical (unpaired) electrons. The van der Waals surface area contributed by atoms with Gasteiger partial charge in [-0.1, -0.05) is 13.0 Å². The number of amides is 1. The summed E-state index contributed by atoms with van der Waals surface area (Å²) in [5.74, 6) is 0.136. The summed E-state index contributed by atoms with van der Waals surface area (Å²) in [6, 6.07) is 10.9. The van der Waals surface area contributed by atoms with Crippen molar-refractivity contribution < 1.29 is 13.2 Å². The summed E-state index contributed by atoms with van der Waals surface area (Å²) in [4.78, 5) is 14.3. The molecular formula is C22H26N2O3S. The van der Waals surface area contributed by atoms with E-state index < -0.39 is 10.0 Å². The van der Waals surface area contributed by atoms with Crippen LogP contribution in [-0.4, -0.2) is 20.9 Å². The third-order valence-electron chi connectivity index (χ3n) is 5.61. The molecule has 1 amide bonds. The molecule has 0 bridgehead atoms. The smallest absolute Gasteiger partial charge is 0.261 e. The predicted octanol–water partition coefficient (Wildman–Crippen LogP) is 4.06. The summed E-state index contributed by atoms with van der Waals surface area (Å²) < 4.78 is 28.5. The number of carbonyl (C=O) groups excluding carboxylic acids is 1. The Morgan fingerprint density at radius 2 is 1.71 bits per heavy atom. The number of nitrogens with one attached hydrogen (secondary N) is 1. The summed E-state index contributed by atoms with van der Waals surface area (Å²) in [6.45, 7) is 2.73. The van der Waals surface area contributed by atoms with Gasteiger partial charge in [0.2, 0.25) is 5.91 Å². The zero-order valence-corrected chi connectivity index (χ0v) is 17.0. The minimum atomic E-state index is -3.64. The van der Waals surface area contributed by atoms with Crippen LogP contribution in [0.25, 0.3) is 0 Å². The number of aryl methyl sites for hydroxylation is 3. The average Bonchev–Trinajstić information content (AvgIpc) is 2.69. The Bertz CT molecular complexity index is 1010. The topological polar surface area (TPSA) is 66.5 Å². The second kappa shape index (κ2) is 7.59. The van der Waals surface area contributed by atoms with Gasteiger partial charge in [0.05, 0.1) is 4.90 Å². The Morgan fingerprint density at radius 1 is 0.929 bits per heavy atom. The molecule has 6 heteroatoms. The summed E-state index contributed by atoms with van der Waals surface area (Å²) >= 11 is 0. The molecule has 5 nitrogen and oxygen atoms in total. The molecule has 2 aromatic rings. The summed E-state index contributed by atoms with van der Waals surface area (Å²) in [5.41, 5.74) is 4.86. The van der Waals surface area contributed by atoms with Crippen molar-refractivity contribution in [3.05, 3.63) is 53.1 Å². The number of hydrogen-bond donors (Lipinski definition) is 1. The Balaban J connectivity index is 1.60. The Morgan fingerprint density at radius 3 is 2.50 bits per heavy atom. The van der Waals surface area contributed by atoms with Crippen molar-refractivity contribution in [1.82, 2.24) is 0 Å². The minimum Gasteiger partial charge on any atom is -0.312 e. The fraction of sp³-hybridized carbons (Fsp3) is 0.409. The SMILES string of the molecule is CCCN1C(=O)CCc2cc(NS(=O)(=O)c3ccc4c(c3)CCCC4)ccc21. The number of carbonyl (C=O) groups is 1. The molecule has 0 saturated heterocycles. The number of hydrogen-bond acceptors (Lipinski definition) is 3. The molecular weight excluding hydrogens is 372 g/mol. The second-order valence-corrected chi connectivity index (χ2v) is 9.31. The summed E-state index contributed by atoms with van der Waals surface area (Å²) in [7, 11) is -3.64. The molecule has 0 spiro atoms. The van der Waals surface area contributed by atoms with Crippen LogP contribution in [0.2, 0.25) is 0 Å². The van der Waals surface area contributed by atoms with Gasteiger partial charge in [-0.3, -0.25) is 9.52 Å². The van der Waals surface area contributed by atoms with Crippen LogP contribution in [0.15, 0.2) is 41.3 Å². The van der Waals surface area contributed by atoms with E-state index in [1.165, 1.54) is 12.0 Å². The van der Waals surface area contributed by atoms with Gasteiger partial charge in [0.1, 0.15) is 0 Å². The van der Waals surface area contributed by atoms with Crippen LogP contribution in [0.5, 0.6) is 0 Å². The van der Waals surface area contributed by atoms with Crippen molar-refractivity contribution in [2.75, 3.05) is 16.2 Å². The maximum absolute atomic E-state index is 12.9. The maximum Gasteiger partial charge on any atom is 0.261 e. The highest BCUT2D eigenvalue weighted by Crippen LogP contribution is 2.31. The van der Waals surface area contributed by atoms with E-state index in [-0.39, 0.29) is 5.91 Å². The summed E-state index contributed by atoms with van der Waals surface area (Å²) in [5, 5.41) is 0. The van der Waals surface area contributed by atoms with Crippen LogP contribution in [0, 0.1) is 0 Å². The van der Waals surface area contributed by atoms with E-state index in [1.807, 2.05) is 31.2 Å². The normalized spacial score (nSPS) is 16.5. The lowest BCUT2D eigenvalue weighted by Crippen LogP contribution is -2.35. The molecule has 4 rings (SSSR count). The highest BCUT2D eigenvalue weighted by Gasteiger charge is 2.24.